The Kier molecular flexibility index (Phi) is 27.5. The maximum atomic E-state index is 7.88. The van der Waals surface area contributed by atoms with Gasteiger partial charge in [0.2, 0.25) is 0 Å². The summed E-state index contributed by atoms with van der Waals surface area (Å²) >= 11 is 0. The van der Waals surface area contributed by atoms with Crippen LogP contribution in [0.2, 0.25) is 0 Å². The lowest BCUT2D eigenvalue weighted by Crippen LogP contribution is -1.97. The van der Waals surface area contributed by atoms with Crippen molar-refractivity contribution < 1.29 is 5.11 Å². The zero-order valence-corrected chi connectivity index (χ0v) is 15.0. The second-order valence-corrected chi connectivity index (χ2v) is 6.11. The van der Waals surface area contributed by atoms with Gasteiger partial charge in [-0.2, -0.15) is 0 Å². The largest absolute Gasteiger partial charge is 0.396 e. The van der Waals surface area contributed by atoms with Crippen molar-refractivity contribution in [3.05, 3.63) is 0 Å². The Hall–Kier alpha value is -0.0800. The van der Waals surface area contributed by atoms with Gasteiger partial charge in [-0.05, 0) is 19.4 Å². The number of nitrogens with two attached hydrogens (primary N) is 1. The van der Waals surface area contributed by atoms with Gasteiger partial charge in [0, 0.05) is 6.61 Å². The molecule has 0 saturated heterocycles. The molecule has 0 saturated carbocycles. The average Bonchev–Trinajstić information content (AvgIpc) is 2.52. The third-order valence-corrected chi connectivity index (χ3v) is 3.78. The van der Waals surface area contributed by atoms with Crippen LogP contribution in [0.3, 0.4) is 0 Å². The standard InChI is InChI=1S/C16H35N.C3H8O/c1-2-3-4-5-6-7-8-9-10-11-12-13-14-15-16-17;1-2-3-4/h2-17H2,1H3;4H,2-3H2,1H3. The monoisotopic (exact) mass is 301 g/mol. The lowest BCUT2D eigenvalue weighted by molar-refractivity contribution is 0.295. The molecule has 0 aromatic rings. The van der Waals surface area contributed by atoms with Crippen LogP contribution in [-0.4, -0.2) is 18.3 Å². The number of hydrogen-bond acceptors (Lipinski definition) is 2. The van der Waals surface area contributed by atoms with Crippen LogP contribution in [0.5, 0.6) is 0 Å². The molecule has 0 spiro atoms. The highest BCUT2D eigenvalue weighted by Gasteiger charge is 1.93. The van der Waals surface area contributed by atoms with Gasteiger partial charge in [0.15, 0.2) is 0 Å². The second kappa shape index (κ2) is 24.9. The molecule has 0 aliphatic rings. The Morgan fingerprint density at radius 2 is 0.810 bits per heavy atom. The summed E-state index contributed by atoms with van der Waals surface area (Å²) < 4.78 is 0. The summed E-state index contributed by atoms with van der Waals surface area (Å²) in [4.78, 5) is 0. The first kappa shape index (κ1) is 23.2. The second-order valence-electron chi connectivity index (χ2n) is 6.11. The molecule has 0 aliphatic carbocycles. The van der Waals surface area contributed by atoms with Gasteiger partial charge in [-0.1, -0.05) is 97.3 Å². The van der Waals surface area contributed by atoms with Crippen LogP contribution in [0.15, 0.2) is 0 Å². The molecule has 0 fully saturated rings. The molecule has 0 aromatic carbocycles. The lowest BCUT2D eigenvalue weighted by Gasteiger charge is -2.02. The Morgan fingerprint density at radius 1 is 0.524 bits per heavy atom. The highest BCUT2D eigenvalue weighted by Crippen LogP contribution is 2.12. The molecule has 2 nitrogen and oxygen atoms in total. The molecule has 0 amide bonds. The number of aliphatic hydroxyl groups is 1. The molecule has 2 heteroatoms. The summed E-state index contributed by atoms with van der Waals surface area (Å²) in [6.45, 7) is 5.41. The Labute approximate surface area is 134 Å². The molecule has 0 rings (SSSR count). The average molecular weight is 302 g/mol. The van der Waals surface area contributed by atoms with E-state index in [-0.39, 0.29) is 0 Å². The number of hydrogen-bond donors (Lipinski definition) is 2. The summed E-state index contributed by atoms with van der Waals surface area (Å²) in [6, 6.07) is 0. The van der Waals surface area contributed by atoms with E-state index in [1.54, 1.807) is 0 Å². The van der Waals surface area contributed by atoms with E-state index in [1.807, 2.05) is 6.92 Å². The van der Waals surface area contributed by atoms with E-state index in [0.29, 0.717) is 6.61 Å². The minimum absolute atomic E-state index is 0.319. The predicted molar refractivity (Wildman–Crippen MR) is 96.7 cm³/mol. The van der Waals surface area contributed by atoms with Crippen molar-refractivity contribution in [2.24, 2.45) is 5.73 Å². The highest BCUT2D eigenvalue weighted by molar-refractivity contribution is 4.49. The molecular formula is C19H43NO. The van der Waals surface area contributed by atoms with Crippen molar-refractivity contribution in [2.75, 3.05) is 13.2 Å². The van der Waals surface area contributed by atoms with Crippen LogP contribution >= 0.6 is 0 Å². The van der Waals surface area contributed by atoms with E-state index in [9.17, 15) is 0 Å². The van der Waals surface area contributed by atoms with Crippen LogP contribution < -0.4 is 5.73 Å². The fraction of sp³-hybridized carbons (Fsp3) is 1.00. The topological polar surface area (TPSA) is 46.2 Å². The quantitative estimate of drug-likeness (QED) is 0.375. The summed E-state index contributed by atoms with van der Waals surface area (Å²) in [5, 5.41) is 7.88. The zero-order valence-electron chi connectivity index (χ0n) is 15.0. The molecule has 130 valence electrons. The SMILES string of the molecule is CCCCCCCCCCCCCCCCN.CCCO. The van der Waals surface area contributed by atoms with Gasteiger partial charge in [-0.15, -0.1) is 0 Å². The van der Waals surface area contributed by atoms with Gasteiger partial charge in [0.05, 0.1) is 0 Å². The number of rotatable bonds is 15. The minimum atomic E-state index is 0.319. The third-order valence-electron chi connectivity index (χ3n) is 3.78. The molecule has 21 heavy (non-hydrogen) atoms. The van der Waals surface area contributed by atoms with Crippen molar-refractivity contribution in [3.8, 4) is 0 Å². The van der Waals surface area contributed by atoms with E-state index in [2.05, 4.69) is 6.92 Å². The van der Waals surface area contributed by atoms with Gasteiger partial charge in [-0.25, -0.2) is 0 Å². The van der Waals surface area contributed by atoms with E-state index < -0.39 is 0 Å². The minimum Gasteiger partial charge on any atom is -0.396 e. The zero-order chi connectivity index (χ0) is 16.0. The molecule has 0 aliphatic heterocycles. The van der Waals surface area contributed by atoms with Gasteiger partial charge in [-0.3, -0.25) is 0 Å². The molecule has 0 atom stereocenters. The summed E-state index contributed by atoms with van der Waals surface area (Å²) in [7, 11) is 0. The van der Waals surface area contributed by atoms with Crippen molar-refractivity contribution >= 4 is 0 Å². The molecule has 3 N–H and O–H groups in total. The molecule has 0 aromatic heterocycles. The fourth-order valence-electron chi connectivity index (χ4n) is 2.34. The molecule has 0 bridgehead atoms. The Balaban J connectivity index is 0. The van der Waals surface area contributed by atoms with Crippen LogP contribution in [0.1, 0.15) is 110 Å². The first-order valence-corrected chi connectivity index (χ1v) is 9.64. The Bertz CT molecular complexity index is 135. The van der Waals surface area contributed by atoms with E-state index >= 15 is 0 Å². The van der Waals surface area contributed by atoms with Gasteiger partial charge in [0.25, 0.3) is 0 Å². The molecular weight excluding hydrogens is 258 g/mol. The van der Waals surface area contributed by atoms with E-state index in [1.165, 1.54) is 89.9 Å². The Morgan fingerprint density at radius 3 is 1.05 bits per heavy atom. The molecule has 0 unspecified atom stereocenters. The lowest BCUT2D eigenvalue weighted by atomic mass is 10.0. The normalized spacial score (nSPS) is 10.3. The van der Waals surface area contributed by atoms with Crippen LogP contribution in [0.4, 0.5) is 0 Å². The first-order chi connectivity index (χ1) is 10.3. The molecule has 0 heterocycles. The highest BCUT2D eigenvalue weighted by atomic mass is 16.2. The van der Waals surface area contributed by atoms with Crippen molar-refractivity contribution in [2.45, 2.75) is 110 Å². The molecule has 0 radical (unpaired) electrons. The van der Waals surface area contributed by atoms with Crippen LogP contribution in [0.25, 0.3) is 0 Å². The van der Waals surface area contributed by atoms with E-state index in [0.717, 1.165) is 13.0 Å². The summed E-state index contributed by atoms with van der Waals surface area (Å²) in [5.41, 5.74) is 5.47. The van der Waals surface area contributed by atoms with Gasteiger partial charge >= 0.3 is 0 Å². The van der Waals surface area contributed by atoms with Gasteiger partial charge in [0.1, 0.15) is 0 Å². The maximum absolute atomic E-state index is 7.88. The van der Waals surface area contributed by atoms with Gasteiger partial charge < -0.3 is 10.8 Å². The van der Waals surface area contributed by atoms with E-state index in [4.69, 9.17) is 10.8 Å². The van der Waals surface area contributed by atoms with Crippen molar-refractivity contribution in [1.29, 1.82) is 0 Å². The number of aliphatic hydroxyl groups excluding tert-OH is 1. The van der Waals surface area contributed by atoms with Crippen LogP contribution in [0, 0.1) is 0 Å². The third kappa shape index (κ3) is 28.7. The summed E-state index contributed by atoms with van der Waals surface area (Å²) in [5.74, 6) is 0. The predicted octanol–water partition coefficient (Wildman–Crippen LogP) is 5.82. The summed E-state index contributed by atoms with van der Waals surface area (Å²) in [6.07, 6.45) is 20.7. The van der Waals surface area contributed by atoms with Crippen molar-refractivity contribution in [1.82, 2.24) is 0 Å². The smallest absolute Gasteiger partial charge is 0.0428 e. The van der Waals surface area contributed by atoms with Crippen molar-refractivity contribution in [3.63, 3.8) is 0 Å². The number of unbranched alkanes of at least 4 members (excludes halogenated alkanes) is 13. The fourth-order valence-corrected chi connectivity index (χ4v) is 2.34. The van der Waals surface area contributed by atoms with Crippen LogP contribution in [-0.2, 0) is 0 Å². The maximum Gasteiger partial charge on any atom is 0.0428 e. The first-order valence-electron chi connectivity index (χ1n) is 9.64.